The molecule has 2 unspecified atom stereocenters. The van der Waals surface area contributed by atoms with Gasteiger partial charge >= 0.3 is 0 Å². The maximum absolute atomic E-state index is 13.8. The summed E-state index contributed by atoms with van der Waals surface area (Å²) in [4.78, 5) is 0. The zero-order chi connectivity index (χ0) is 15.0. The highest BCUT2D eigenvalue weighted by Crippen LogP contribution is 2.21. The summed E-state index contributed by atoms with van der Waals surface area (Å²) in [7, 11) is 0. The standard InChI is InChI=1S/C17H27F2N/c1-4-7-8-13(5-2)17(20-6-3)11-14-9-10-15(18)12-16(14)19/h9-10,12-13,17,20H,4-8,11H2,1-3H3. The van der Waals surface area contributed by atoms with Crippen molar-refractivity contribution in [3.8, 4) is 0 Å². The molecule has 0 heterocycles. The Morgan fingerprint density at radius 1 is 1.15 bits per heavy atom. The van der Waals surface area contributed by atoms with E-state index in [0.717, 1.165) is 25.5 Å². The number of hydrogen-bond donors (Lipinski definition) is 1. The number of unbranched alkanes of at least 4 members (excludes halogenated alkanes) is 1. The van der Waals surface area contributed by atoms with Crippen molar-refractivity contribution in [1.82, 2.24) is 5.32 Å². The summed E-state index contributed by atoms with van der Waals surface area (Å²) in [5.41, 5.74) is 0.604. The van der Waals surface area contributed by atoms with Gasteiger partial charge in [0.1, 0.15) is 11.6 Å². The third kappa shape index (κ3) is 5.20. The highest BCUT2D eigenvalue weighted by molar-refractivity contribution is 5.19. The predicted octanol–water partition coefficient (Wildman–Crippen LogP) is 4.70. The van der Waals surface area contributed by atoms with Crippen molar-refractivity contribution >= 4 is 0 Å². The van der Waals surface area contributed by atoms with Crippen LogP contribution in [-0.2, 0) is 6.42 Å². The Labute approximate surface area is 121 Å². The van der Waals surface area contributed by atoms with E-state index in [9.17, 15) is 8.78 Å². The maximum atomic E-state index is 13.8. The van der Waals surface area contributed by atoms with Crippen LogP contribution in [0.2, 0.25) is 0 Å². The molecule has 0 bridgehead atoms. The van der Waals surface area contributed by atoms with Crippen molar-refractivity contribution in [3.05, 3.63) is 35.4 Å². The molecule has 1 rings (SSSR count). The lowest BCUT2D eigenvalue weighted by Crippen LogP contribution is -2.38. The van der Waals surface area contributed by atoms with Gasteiger partial charge in [-0.15, -0.1) is 0 Å². The lowest BCUT2D eigenvalue weighted by Gasteiger charge is -2.27. The fraction of sp³-hybridized carbons (Fsp3) is 0.647. The molecule has 0 aliphatic rings. The van der Waals surface area contributed by atoms with Crippen LogP contribution in [0.1, 0.15) is 52.0 Å². The molecular formula is C17H27F2N. The number of benzene rings is 1. The second-order valence-electron chi connectivity index (χ2n) is 5.41. The minimum atomic E-state index is -0.510. The van der Waals surface area contributed by atoms with Crippen LogP contribution in [0.15, 0.2) is 18.2 Å². The van der Waals surface area contributed by atoms with E-state index < -0.39 is 11.6 Å². The number of halogens is 2. The van der Waals surface area contributed by atoms with Gasteiger partial charge in [-0.25, -0.2) is 8.78 Å². The Bertz CT molecular complexity index is 393. The molecule has 0 aromatic heterocycles. The summed E-state index contributed by atoms with van der Waals surface area (Å²) in [6.07, 6.45) is 5.25. The number of nitrogens with one attached hydrogen (secondary N) is 1. The molecule has 0 saturated heterocycles. The summed E-state index contributed by atoms with van der Waals surface area (Å²) in [6.45, 7) is 7.32. The monoisotopic (exact) mass is 283 g/mol. The molecule has 1 nitrogen and oxygen atoms in total. The van der Waals surface area contributed by atoms with Crippen LogP contribution in [0, 0.1) is 17.6 Å². The van der Waals surface area contributed by atoms with Crippen LogP contribution in [0.3, 0.4) is 0 Å². The second-order valence-corrected chi connectivity index (χ2v) is 5.41. The summed E-state index contributed by atoms with van der Waals surface area (Å²) in [6, 6.07) is 4.15. The smallest absolute Gasteiger partial charge is 0.129 e. The fourth-order valence-electron chi connectivity index (χ4n) is 2.75. The third-order valence-corrected chi connectivity index (χ3v) is 3.94. The summed E-state index contributed by atoms with van der Waals surface area (Å²) >= 11 is 0. The Morgan fingerprint density at radius 3 is 2.45 bits per heavy atom. The van der Waals surface area contributed by atoms with Gasteiger partial charge in [-0.3, -0.25) is 0 Å². The molecule has 0 amide bonds. The molecule has 0 aliphatic carbocycles. The maximum Gasteiger partial charge on any atom is 0.129 e. The fourth-order valence-corrected chi connectivity index (χ4v) is 2.75. The van der Waals surface area contributed by atoms with Crippen molar-refractivity contribution in [2.24, 2.45) is 5.92 Å². The van der Waals surface area contributed by atoms with Gasteiger partial charge < -0.3 is 5.32 Å². The first kappa shape index (κ1) is 17.1. The molecule has 0 aliphatic heterocycles. The lowest BCUT2D eigenvalue weighted by atomic mass is 9.87. The predicted molar refractivity (Wildman–Crippen MR) is 80.8 cm³/mol. The van der Waals surface area contributed by atoms with Gasteiger partial charge in [0.25, 0.3) is 0 Å². The summed E-state index contributed by atoms with van der Waals surface area (Å²) < 4.78 is 26.8. The van der Waals surface area contributed by atoms with E-state index in [2.05, 4.69) is 26.1 Å². The molecule has 1 N–H and O–H groups in total. The van der Waals surface area contributed by atoms with Crippen LogP contribution in [-0.4, -0.2) is 12.6 Å². The molecule has 1 aromatic rings. The van der Waals surface area contributed by atoms with Crippen molar-refractivity contribution in [3.63, 3.8) is 0 Å². The zero-order valence-corrected chi connectivity index (χ0v) is 12.9. The van der Waals surface area contributed by atoms with Gasteiger partial charge in [0, 0.05) is 12.1 Å². The zero-order valence-electron chi connectivity index (χ0n) is 12.9. The lowest BCUT2D eigenvalue weighted by molar-refractivity contribution is 0.317. The normalized spacial score (nSPS) is 14.2. The number of likely N-dealkylation sites (N-methyl/N-ethyl adjacent to an activating group) is 1. The van der Waals surface area contributed by atoms with E-state index in [1.807, 2.05) is 0 Å². The minimum absolute atomic E-state index is 0.261. The van der Waals surface area contributed by atoms with Gasteiger partial charge in [0.2, 0.25) is 0 Å². The van der Waals surface area contributed by atoms with Crippen LogP contribution in [0.5, 0.6) is 0 Å². The molecular weight excluding hydrogens is 256 g/mol. The molecule has 20 heavy (non-hydrogen) atoms. The molecule has 2 atom stereocenters. The number of rotatable bonds is 9. The van der Waals surface area contributed by atoms with E-state index in [1.54, 1.807) is 6.07 Å². The molecule has 3 heteroatoms. The molecule has 1 aromatic carbocycles. The average Bonchev–Trinajstić information content (AvgIpc) is 2.42. The van der Waals surface area contributed by atoms with Crippen LogP contribution in [0.25, 0.3) is 0 Å². The molecule has 0 spiro atoms. The minimum Gasteiger partial charge on any atom is -0.314 e. The van der Waals surface area contributed by atoms with Gasteiger partial charge in [0.05, 0.1) is 0 Å². The number of hydrogen-bond acceptors (Lipinski definition) is 1. The second kappa shape index (κ2) is 9.06. The molecule has 114 valence electrons. The van der Waals surface area contributed by atoms with E-state index in [-0.39, 0.29) is 6.04 Å². The summed E-state index contributed by atoms with van der Waals surface area (Å²) in [5, 5.41) is 3.47. The third-order valence-electron chi connectivity index (χ3n) is 3.94. The van der Waals surface area contributed by atoms with Gasteiger partial charge in [0.15, 0.2) is 0 Å². The highest BCUT2D eigenvalue weighted by Gasteiger charge is 2.20. The van der Waals surface area contributed by atoms with Gasteiger partial charge in [-0.2, -0.15) is 0 Å². The first-order valence-electron chi connectivity index (χ1n) is 7.79. The van der Waals surface area contributed by atoms with E-state index in [4.69, 9.17) is 0 Å². The van der Waals surface area contributed by atoms with Crippen LogP contribution < -0.4 is 5.32 Å². The Hall–Kier alpha value is -0.960. The van der Waals surface area contributed by atoms with E-state index in [0.29, 0.717) is 17.9 Å². The van der Waals surface area contributed by atoms with E-state index in [1.165, 1.54) is 18.9 Å². The summed E-state index contributed by atoms with van der Waals surface area (Å²) in [5.74, 6) is -0.401. The van der Waals surface area contributed by atoms with Crippen molar-refractivity contribution in [2.45, 2.75) is 58.9 Å². The van der Waals surface area contributed by atoms with E-state index >= 15 is 0 Å². The van der Waals surface area contributed by atoms with Gasteiger partial charge in [-0.1, -0.05) is 46.1 Å². The molecule has 0 saturated carbocycles. The highest BCUT2D eigenvalue weighted by atomic mass is 19.1. The van der Waals surface area contributed by atoms with Crippen LogP contribution >= 0.6 is 0 Å². The first-order chi connectivity index (χ1) is 9.62. The average molecular weight is 283 g/mol. The van der Waals surface area contributed by atoms with Crippen LogP contribution in [0.4, 0.5) is 8.78 Å². The topological polar surface area (TPSA) is 12.0 Å². The van der Waals surface area contributed by atoms with Gasteiger partial charge in [-0.05, 0) is 36.9 Å². The quantitative estimate of drug-likeness (QED) is 0.692. The van der Waals surface area contributed by atoms with Crippen molar-refractivity contribution in [1.29, 1.82) is 0 Å². The largest absolute Gasteiger partial charge is 0.314 e. The van der Waals surface area contributed by atoms with Crippen molar-refractivity contribution < 1.29 is 8.78 Å². The molecule has 0 fully saturated rings. The first-order valence-corrected chi connectivity index (χ1v) is 7.79. The Morgan fingerprint density at radius 2 is 1.90 bits per heavy atom. The van der Waals surface area contributed by atoms with Crippen molar-refractivity contribution in [2.75, 3.05) is 6.54 Å². The Kier molecular flexibility index (Phi) is 7.75. The SMILES string of the molecule is CCCCC(CC)C(Cc1ccc(F)cc1F)NCC. The molecule has 0 radical (unpaired) electrons. The Balaban J connectivity index is 2.78.